The monoisotopic (exact) mass is 297 g/mol. The van der Waals surface area contributed by atoms with Gasteiger partial charge >= 0.3 is 0 Å². The first kappa shape index (κ1) is 14.2. The number of hydrogen-bond acceptors (Lipinski definition) is 5. The molecule has 1 heterocycles. The summed E-state index contributed by atoms with van der Waals surface area (Å²) >= 11 is 0. The van der Waals surface area contributed by atoms with Crippen molar-refractivity contribution in [1.29, 1.82) is 0 Å². The van der Waals surface area contributed by atoms with Gasteiger partial charge in [-0.05, 0) is 25.1 Å². The highest BCUT2D eigenvalue weighted by Gasteiger charge is 2.16. The van der Waals surface area contributed by atoms with Crippen molar-refractivity contribution >= 4 is 15.7 Å². The fourth-order valence-corrected chi connectivity index (χ4v) is 2.57. The number of aromatic amines is 1. The van der Waals surface area contributed by atoms with Gasteiger partial charge in [-0.15, -0.1) is 0 Å². The van der Waals surface area contributed by atoms with Crippen LogP contribution in [0.25, 0.3) is 0 Å². The van der Waals surface area contributed by atoms with Crippen LogP contribution < -0.4 is 14.2 Å². The van der Waals surface area contributed by atoms with Crippen LogP contribution in [0.15, 0.2) is 35.5 Å². The molecule has 0 fully saturated rings. The molecule has 2 N–H and O–H groups in total. The van der Waals surface area contributed by atoms with Gasteiger partial charge in [-0.1, -0.05) is 0 Å². The molecular weight excluding hydrogens is 282 g/mol. The third-order valence-corrected chi connectivity index (χ3v) is 3.79. The van der Waals surface area contributed by atoms with E-state index in [1.807, 2.05) is 6.92 Å². The van der Waals surface area contributed by atoms with Gasteiger partial charge in [0.05, 0.1) is 25.6 Å². The Kier molecular flexibility index (Phi) is 4.14. The number of ether oxygens (including phenoxy) is 2. The van der Waals surface area contributed by atoms with E-state index in [-0.39, 0.29) is 5.03 Å². The van der Waals surface area contributed by atoms with Crippen LogP contribution in [0.1, 0.15) is 6.92 Å². The zero-order valence-electron chi connectivity index (χ0n) is 11.1. The van der Waals surface area contributed by atoms with Gasteiger partial charge in [0.25, 0.3) is 10.0 Å². The molecule has 0 spiro atoms. The lowest BCUT2D eigenvalue weighted by Gasteiger charge is -2.12. The number of H-pyrrole nitrogens is 1. The average Bonchev–Trinajstić information content (AvgIpc) is 2.94. The van der Waals surface area contributed by atoms with Gasteiger partial charge < -0.3 is 9.47 Å². The lowest BCUT2D eigenvalue weighted by Crippen LogP contribution is -2.13. The maximum absolute atomic E-state index is 12.0. The van der Waals surface area contributed by atoms with Crippen LogP contribution >= 0.6 is 0 Å². The van der Waals surface area contributed by atoms with Crippen molar-refractivity contribution in [2.75, 3.05) is 18.4 Å². The molecule has 0 bridgehead atoms. The van der Waals surface area contributed by atoms with E-state index in [1.165, 1.54) is 19.4 Å². The Morgan fingerprint density at radius 3 is 2.70 bits per heavy atom. The molecule has 8 heteroatoms. The normalized spacial score (nSPS) is 11.1. The van der Waals surface area contributed by atoms with Crippen molar-refractivity contribution in [3.05, 3.63) is 30.5 Å². The van der Waals surface area contributed by atoms with Crippen LogP contribution in [-0.4, -0.2) is 32.3 Å². The molecule has 7 nitrogen and oxygen atoms in total. The number of benzene rings is 1. The summed E-state index contributed by atoms with van der Waals surface area (Å²) in [6.45, 7) is 2.29. The number of sulfonamides is 1. The largest absolute Gasteiger partial charge is 0.493 e. The molecule has 0 atom stereocenters. The predicted molar refractivity (Wildman–Crippen MR) is 73.6 cm³/mol. The summed E-state index contributed by atoms with van der Waals surface area (Å²) in [6, 6.07) is 6.16. The molecule has 2 rings (SSSR count). The van der Waals surface area contributed by atoms with Crippen molar-refractivity contribution in [2.24, 2.45) is 0 Å². The number of anilines is 1. The lowest BCUT2D eigenvalue weighted by molar-refractivity contribution is 0.311. The molecule has 1 aromatic carbocycles. The summed E-state index contributed by atoms with van der Waals surface area (Å²) in [5.74, 6) is 1.01. The number of rotatable bonds is 6. The van der Waals surface area contributed by atoms with Gasteiger partial charge in [0.2, 0.25) is 0 Å². The molecule has 0 aliphatic carbocycles. The molecule has 20 heavy (non-hydrogen) atoms. The first-order valence-corrected chi connectivity index (χ1v) is 7.38. The zero-order valence-corrected chi connectivity index (χ0v) is 11.9. The molecule has 0 aliphatic heterocycles. The van der Waals surface area contributed by atoms with Gasteiger partial charge in [0, 0.05) is 6.07 Å². The molecule has 108 valence electrons. The van der Waals surface area contributed by atoms with Gasteiger partial charge in [0.1, 0.15) is 0 Å². The summed E-state index contributed by atoms with van der Waals surface area (Å²) in [6.07, 6.45) is 1.37. The number of hydrogen-bond donors (Lipinski definition) is 2. The second-order valence-corrected chi connectivity index (χ2v) is 5.48. The quantitative estimate of drug-likeness (QED) is 0.845. The maximum atomic E-state index is 12.0. The van der Waals surface area contributed by atoms with E-state index in [0.717, 1.165) is 0 Å². The molecule has 0 radical (unpaired) electrons. The molecule has 0 saturated heterocycles. The summed E-state index contributed by atoms with van der Waals surface area (Å²) < 4.78 is 37.0. The van der Waals surface area contributed by atoms with Crippen molar-refractivity contribution < 1.29 is 17.9 Å². The van der Waals surface area contributed by atoms with Crippen LogP contribution in [-0.2, 0) is 10.0 Å². The standard InChI is InChI=1S/C12H15N3O4S/c1-3-19-11-8-9(4-5-10(11)18-2)15-20(16,17)12-6-7-13-14-12/h4-8,15H,3H2,1-2H3,(H,13,14). The number of nitrogens with one attached hydrogen (secondary N) is 2. The summed E-state index contributed by atoms with van der Waals surface area (Å²) in [5, 5.41) is 6.01. The van der Waals surface area contributed by atoms with Crippen molar-refractivity contribution in [2.45, 2.75) is 11.9 Å². The van der Waals surface area contributed by atoms with Gasteiger partial charge in [-0.2, -0.15) is 13.5 Å². The lowest BCUT2D eigenvalue weighted by atomic mass is 10.3. The van der Waals surface area contributed by atoms with E-state index >= 15 is 0 Å². The molecule has 0 aliphatic rings. The Morgan fingerprint density at radius 2 is 2.10 bits per heavy atom. The molecule has 0 amide bonds. The highest BCUT2D eigenvalue weighted by molar-refractivity contribution is 7.92. The van der Waals surface area contributed by atoms with Crippen molar-refractivity contribution in [3.63, 3.8) is 0 Å². The van der Waals surface area contributed by atoms with E-state index in [1.54, 1.807) is 18.2 Å². The topological polar surface area (TPSA) is 93.3 Å². The first-order chi connectivity index (χ1) is 9.56. The molecular formula is C12H15N3O4S. The van der Waals surface area contributed by atoms with Crippen LogP contribution in [0.5, 0.6) is 11.5 Å². The first-order valence-electron chi connectivity index (χ1n) is 5.90. The van der Waals surface area contributed by atoms with Crippen LogP contribution in [0.2, 0.25) is 0 Å². The minimum absolute atomic E-state index is 0.00808. The average molecular weight is 297 g/mol. The summed E-state index contributed by atoms with van der Waals surface area (Å²) in [4.78, 5) is 0. The van der Waals surface area contributed by atoms with E-state index < -0.39 is 10.0 Å². The Labute approximate surface area is 117 Å². The van der Waals surface area contributed by atoms with Gasteiger partial charge in [0.15, 0.2) is 16.5 Å². The smallest absolute Gasteiger partial charge is 0.278 e. The highest BCUT2D eigenvalue weighted by Crippen LogP contribution is 2.30. The SMILES string of the molecule is CCOc1cc(NS(=O)(=O)c2ccn[nH]2)ccc1OC. The van der Waals surface area contributed by atoms with Crippen LogP contribution in [0.4, 0.5) is 5.69 Å². The predicted octanol–water partition coefficient (Wildman–Crippen LogP) is 1.62. The zero-order chi connectivity index (χ0) is 14.6. The number of aromatic nitrogens is 2. The van der Waals surface area contributed by atoms with Crippen LogP contribution in [0, 0.1) is 0 Å². The maximum Gasteiger partial charge on any atom is 0.278 e. The van der Waals surface area contributed by atoms with E-state index in [9.17, 15) is 8.42 Å². The molecule has 2 aromatic rings. The second-order valence-electron chi connectivity index (χ2n) is 3.83. The highest BCUT2D eigenvalue weighted by atomic mass is 32.2. The van der Waals surface area contributed by atoms with E-state index in [2.05, 4.69) is 14.9 Å². The Morgan fingerprint density at radius 1 is 1.30 bits per heavy atom. The number of nitrogens with zero attached hydrogens (tertiary/aromatic N) is 1. The summed E-state index contributed by atoms with van der Waals surface area (Å²) in [5.41, 5.74) is 0.379. The second kappa shape index (κ2) is 5.83. The molecule has 1 aromatic heterocycles. The Balaban J connectivity index is 2.28. The number of methoxy groups -OCH3 is 1. The molecule has 0 saturated carbocycles. The molecule has 0 unspecified atom stereocenters. The fourth-order valence-electron chi connectivity index (χ4n) is 1.61. The fraction of sp³-hybridized carbons (Fsp3) is 0.250. The Hall–Kier alpha value is -2.22. The summed E-state index contributed by atoms with van der Waals surface area (Å²) in [7, 11) is -2.17. The van der Waals surface area contributed by atoms with E-state index in [4.69, 9.17) is 9.47 Å². The van der Waals surface area contributed by atoms with Gasteiger partial charge in [-0.3, -0.25) is 9.82 Å². The minimum atomic E-state index is -3.69. The third-order valence-electron chi connectivity index (χ3n) is 2.48. The van der Waals surface area contributed by atoms with Crippen molar-refractivity contribution in [1.82, 2.24) is 10.2 Å². The van der Waals surface area contributed by atoms with Gasteiger partial charge in [-0.25, -0.2) is 0 Å². The Bertz CT molecular complexity index is 668. The third kappa shape index (κ3) is 3.02. The van der Waals surface area contributed by atoms with Crippen LogP contribution in [0.3, 0.4) is 0 Å². The minimum Gasteiger partial charge on any atom is -0.493 e. The van der Waals surface area contributed by atoms with E-state index in [0.29, 0.717) is 23.8 Å². The van der Waals surface area contributed by atoms with Crippen molar-refractivity contribution in [3.8, 4) is 11.5 Å².